The first kappa shape index (κ1) is 21.2. The summed E-state index contributed by atoms with van der Waals surface area (Å²) in [6.07, 6.45) is 2.84. The summed E-state index contributed by atoms with van der Waals surface area (Å²) in [5.41, 5.74) is 7.18. The van der Waals surface area contributed by atoms with Gasteiger partial charge in [0, 0.05) is 27.1 Å². The van der Waals surface area contributed by atoms with Crippen LogP contribution in [0.4, 0.5) is 0 Å². The molecule has 3 N–H and O–H groups in total. The summed E-state index contributed by atoms with van der Waals surface area (Å²) in [5.74, 6) is 1.99. The highest BCUT2D eigenvalue weighted by Gasteiger charge is 2.14. The van der Waals surface area contributed by atoms with E-state index in [1.165, 1.54) is 11.6 Å². The number of amidine groups is 1. The number of imidazole rings is 1. The first-order valence-corrected chi connectivity index (χ1v) is 9.54. The van der Waals surface area contributed by atoms with Crippen LogP contribution >= 0.6 is 0 Å². The van der Waals surface area contributed by atoms with Crippen molar-refractivity contribution in [3.63, 3.8) is 0 Å². The van der Waals surface area contributed by atoms with Gasteiger partial charge in [0.1, 0.15) is 0 Å². The molecule has 0 unspecified atom stereocenters. The fourth-order valence-electron chi connectivity index (χ4n) is 3.30. The van der Waals surface area contributed by atoms with Gasteiger partial charge in [-0.05, 0) is 17.7 Å². The number of aromatic nitrogens is 4. The van der Waals surface area contributed by atoms with Crippen LogP contribution in [-0.2, 0) is 27.1 Å². The fourth-order valence-corrected chi connectivity index (χ4v) is 3.30. The minimum atomic E-state index is -0.402. The van der Waals surface area contributed by atoms with Crippen molar-refractivity contribution in [1.82, 2.24) is 18.7 Å². The van der Waals surface area contributed by atoms with Crippen molar-refractivity contribution in [2.24, 2.45) is 19.8 Å². The lowest BCUT2D eigenvalue weighted by Gasteiger charge is -2.08. The number of hydrogen-bond acceptors (Lipinski definition) is 5. The number of aryl methyl sites for hydroxylation is 2. The average molecular weight is 415 g/mol. The summed E-state index contributed by atoms with van der Waals surface area (Å²) < 4.78 is 14.7. The predicted molar refractivity (Wildman–Crippen MR) is 113 cm³/mol. The summed E-state index contributed by atoms with van der Waals surface area (Å²) in [4.78, 5) is 31.9. The summed E-state index contributed by atoms with van der Waals surface area (Å²) in [7, 11) is 6.26. The quantitative estimate of drug-likeness (QED) is 0.342. The number of hydrogen-bond donors (Lipinski definition) is 2. The van der Waals surface area contributed by atoms with Crippen LogP contribution in [-0.4, -0.2) is 45.3 Å². The molecule has 10 nitrogen and oxygen atoms in total. The molecular weight excluding hydrogens is 388 g/mol. The zero-order chi connectivity index (χ0) is 21.8. The molecule has 160 valence electrons. The van der Waals surface area contributed by atoms with Gasteiger partial charge in [-0.1, -0.05) is 6.07 Å². The van der Waals surface area contributed by atoms with Crippen LogP contribution in [0, 0.1) is 0 Å². The molecule has 10 heteroatoms. The Morgan fingerprint density at radius 1 is 1.13 bits per heavy atom. The largest absolute Gasteiger partial charge is 0.493 e. The molecule has 30 heavy (non-hydrogen) atoms. The Morgan fingerprint density at radius 2 is 1.87 bits per heavy atom. The van der Waals surface area contributed by atoms with Gasteiger partial charge in [0.05, 0.1) is 33.5 Å². The van der Waals surface area contributed by atoms with Gasteiger partial charge in [0.15, 0.2) is 22.7 Å². The van der Waals surface area contributed by atoms with Crippen molar-refractivity contribution in [3.05, 3.63) is 50.9 Å². The lowest BCUT2D eigenvalue weighted by molar-refractivity contribution is -0.458. The van der Waals surface area contributed by atoms with E-state index in [-0.39, 0.29) is 5.56 Å². The summed E-state index contributed by atoms with van der Waals surface area (Å²) in [5, 5.41) is 0. The Labute approximate surface area is 173 Å². The van der Waals surface area contributed by atoms with Crippen LogP contribution < -0.4 is 31.4 Å². The first-order valence-electron chi connectivity index (χ1n) is 9.54. The minimum Gasteiger partial charge on any atom is -0.493 e. The van der Waals surface area contributed by atoms with Crippen molar-refractivity contribution in [2.45, 2.75) is 19.4 Å². The smallest absolute Gasteiger partial charge is 0.332 e. The van der Waals surface area contributed by atoms with E-state index in [1.54, 1.807) is 32.2 Å². The number of nitrogens with two attached hydrogens (primary N) is 1. The third-order valence-electron chi connectivity index (χ3n) is 5.05. The van der Waals surface area contributed by atoms with Gasteiger partial charge in [0.25, 0.3) is 5.56 Å². The number of benzene rings is 1. The molecule has 0 saturated carbocycles. The molecule has 1 aromatic carbocycles. The van der Waals surface area contributed by atoms with Crippen LogP contribution in [0.1, 0.15) is 12.0 Å². The first-order chi connectivity index (χ1) is 14.4. The van der Waals surface area contributed by atoms with Crippen molar-refractivity contribution in [2.75, 3.05) is 20.8 Å². The van der Waals surface area contributed by atoms with Crippen molar-refractivity contribution < 1.29 is 14.5 Å². The Bertz CT molecular complexity index is 1200. The highest BCUT2D eigenvalue weighted by molar-refractivity contribution is 5.75. The monoisotopic (exact) mass is 415 g/mol. The second kappa shape index (κ2) is 8.85. The molecule has 0 amide bonds. The topological polar surface area (TPSA) is 120 Å². The van der Waals surface area contributed by atoms with E-state index in [9.17, 15) is 9.59 Å². The SMILES string of the molecule is COc1ccc(CC[NH+]=C(N)CCn2cnc3c2c(=O)n(C)c(=O)n3C)cc1OC. The summed E-state index contributed by atoms with van der Waals surface area (Å²) in [6.45, 7) is 1.13. The van der Waals surface area contributed by atoms with E-state index in [4.69, 9.17) is 15.2 Å². The maximum atomic E-state index is 12.5. The summed E-state index contributed by atoms with van der Waals surface area (Å²) in [6, 6.07) is 5.80. The number of nitrogens with one attached hydrogen (secondary N) is 1. The van der Waals surface area contributed by atoms with Crippen LogP contribution in [0.2, 0.25) is 0 Å². The van der Waals surface area contributed by atoms with Gasteiger partial charge in [-0.25, -0.2) is 9.78 Å². The normalized spacial score (nSPS) is 11.8. The van der Waals surface area contributed by atoms with Crippen LogP contribution in [0.25, 0.3) is 11.2 Å². The molecule has 0 atom stereocenters. The highest BCUT2D eigenvalue weighted by atomic mass is 16.5. The highest BCUT2D eigenvalue weighted by Crippen LogP contribution is 2.27. The van der Waals surface area contributed by atoms with Crippen molar-refractivity contribution >= 4 is 17.0 Å². The molecule has 2 aromatic heterocycles. The fraction of sp³-hybridized carbons (Fsp3) is 0.400. The number of nitrogens with zero attached hydrogens (tertiary/aromatic N) is 4. The van der Waals surface area contributed by atoms with E-state index < -0.39 is 5.69 Å². The van der Waals surface area contributed by atoms with Gasteiger partial charge in [-0.2, -0.15) is 0 Å². The van der Waals surface area contributed by atoms with Gasteiger partial charge in [-0.3, -0.25) is 24.7 Å². The molecule has 0 spiro atoms. The lowest BCUT2D eigenvalue weighted by Crippen LogP contribution is -2.76. The molecular formula is C20H27N6O4+. The standard InChI is InChI=1S/C20H26N6O4/c1-24-18-17(19(27)25(2)20(24)28)26(12-23-18)10-8-16(21)22-9-7-13-5-6-14(29-3)15(11-13)30-4/h5-6,11-12H,7-10H2,1-4H3,(H2,21,22)/p+1. The lowest BCUT2D eigenvalue weighted by atomic mass is 10.1. The zero-order valence-corrected chi connectivity index (χ0v) is 17.6. The van der Waals surface area contributed by atoms with E-state index in [2.05, 4.69) is 9.98 Å². The van der Waals surface area contributed by atoms with Crippen molar-refractivity contribution in [1.29, 1.82) is 0 Å². The molecule has 0 bridgehead atoms. The third-order valence-corrected chi connectivity index (χ3v) is 5.05. The molecule has 0 aliphatic carbocycles. The maximum Gasteiger partial charge on any atom is 0.332 e. The maximum absolute atomic E-state index is 12.5. The van der Waals surface area contributed by atoms with Gasteiger partial charge >= 0.3 is 5.69 Å². The number of ether oxygens (including phenoxy) is 2. The molecule has 3 rings (SSSR count). The molecule has 0 radical (unpaired) electrons. The average Bonchev–Trinajstić information content (AvgIpc) is 3.18. The van der Waals surface area contributed by atoms with E-state index >= 15 is 0 Å². The Kier molecular flexibility index (Phi) is 6.24. The number of methoxy groups -OCH3 is 2. The molecule has 2 heterocycles. The Morgan fingerprint density at radius 3 is 2.57 bits per heavy atom. The molecule has 3 aromatic rings. The number of fused-ring (bicyclic) bond motifs is 1. The van der Waals surface area contributed by atoms with Gasteiger partial charge in [-0.15, -0.1) is 0 Å². The van der Waals surface area contributed by atoms with E-state index in [1.807, 2.05) is 18.2 Å². The zero-order valence-electron chi connectivity index (χ0n) is 17.6. The Balaban J connectivity index is 1.66. The second-order valence-corrected chi connectivity index (χ2v) is 6.96. The predicted octanol–water partition coefficient (Wildman–Crippen LogP) is -1.48. The van der Waals surface area contributed by atoms with Gasteiger partial charge < -0.3 is 14.0 Å². The number of rotatable bonds is 8. The summed E-state index contributed by atoms with van der Waals surface area (Å²) >= 11 is 0. The molecule has 0 aliphatic heterocycles. The Hall–Kier alpha value is -3.56. The molecule has 0 fully saturated rings. The second-order valence-electron chi connectivity index (χ2n) is 6.96. The van der Waals surface area contributed by atoms with Crippen molar-refractivity contribution in [3.8, 4) is 11.5 Å². The van der Waals surface area contributed by atoms with Crippen LogP contribution in [0.15, 0.2) is 34.1 Å². The van der Waals surface area contributed by atoms with Crippen LogP contribution in [0.5, 0.6) is 11.5 Å². The van der Waals surface area contributed by atoms with E-state index in [0.29, 0.717) is 48.0 Å². The van der Waals surface area contributed by atoms with Gasteiger partial charge in [0.2, 0.25) is 5.84 Å². The minimum absolute atomic E-state index is 0.364. The molecule has 0 saturated heterocycles. The van der Waals surface area contributed by atoms with E-state index in [0.717, 1.165) is 16.6 Å². The van der Waals surface area contributed by atoms with Crippen LogP contribution in [0.3, 0.4) is 0 Å². The molecule has 0 aliphatic rings. The third kappa shape index (κ3) is 4.07.